The molecule has 2 N–H and O–H groups in total. The normalized spacial score (nSPS) is 9.97. The van der Waals surface area contributed by atoms with Crippen molar-refractivity contribution in [2.45, 2.75) is 34.0 Å². The van der Waals surface area contributed by atoms with Crippen LogP contribution in [0.15, 0.2) is 53.3 Å². The van der Waals surface area contributed by atoms with E-state index in [0.717, 1.165) is 33.4 Å². The zero-order valence-corrected chi connectivity index (χ0v) is 26.6. The van der Waals surface area contributed by atoms with Crippen molar-refractivity contribution in [3.05, 3.63) is 70.1 Å². The van der Waals surface area contributed by atoms with Gasteiger partial charge in [0.25, 0.3) is 0 Å². The van der Waals surface area contributed by atoms with Crippen molar-refractivity contribution in [1.82, 2.24) is 9.97 Å². The van der Waals surface area contributed by atoms with E-state index < -0.39 is 0 Å². The van der Waals surface area contributed by atoms with Gasteiger partial charge in [-0.15, -0.1) is 0 Å². The molecule has 10 heteroatoms. The molecule has 0 bridgehead atoms. The molecule has 0 saturated carbocycles. The van der Waals surface area contributed by atoms with Crippen LogP contribution < -0.4 is 49.2 Å². The molecule has 4 aromatic rings. The number of methoxy groups -OCH3 is 2. The number of aliphatic hydroxyl groups is 1. The zero-order valence-electron chi connectivity index (χ0n) is 24.0. The Hall–Kier alpha value is -2.14. The third-order valence-corrected chi connectivity index (χ3v) is 5.05. The summed E-state index contributed by atoms with van der Waals surface area (Å²) in [7, 11) is 3.20. The topological polar surface area (TPSA) is 103 Å². The second-order valence-corrected chi connectivity index (χ2v) is 8.68. The van der Waals surface area contributed by atoms with Gasteiger partial charge in [-0.1, -0.05) is 22.9 Å². The van der Waals surface area contributed by atoms with Crippen LogP contribution in [0.1, 0.15) is 33.6 Å². The Balaban J connectivity index is 0.000000654. The largest absolute Gasteiger partial charge is 1.00 e. The third-order valence-electron chi connectivity index (χ3n) is 5.05. The zero-order chi connectivity index (χ0) is 27.2. The second-order valence-electron chi connectivity index (χ2n) is 7.56. The maximum atomic E-state index is 11.6. The van der Waals surface area contributed by atoms with Gasteiger partial charge in [-0.25, -0.2) is 0 Å². The molecule has 2 heterocycles. The number of alkyl halides is 1. The van der Waals surface area contributed by atoms with Gasteiger partial charge in [0.2, 0.25) is 0 Å². The van der Waals surface area contributed by atoms with Crippen molar-refractivity contribution in [3.63, 3.8) is 0 Å². The van der Waals surface area contributed by atoms with Crippen LogP contribution in [0.5, 0.6) is 17.2 Å². The predicted molar refractivity (Wildman–Crippen MR) is 152 cm³/mol. The molecular formula is C28H36BrN2NaO6. The summed E-state index contributed by atoms with van der Waals surface area (Å²) < 4.78 is 21.4. The minimum atomic E-state index is -0.169. The van der Waals surface area contributed by atoms with Gasteiger partial charge in [0, 0.05) is 46.1 Å². The maximum absolute atomic E-state index is 11.6. The number of hydrogen-bond donors (Lipinski definition) is 2. The van der Waals surface area contributed by atoms with Crippen molar-refractivity contribution >= 4 is 37.7 Å². The molecule has 0 fully saturated rings. The van der Waals surface area contributed by atoms with Crippen LogP contribution in [0.3, 0.4) is 0 Å². The summed E-state index contributed by atoms with van der Waals surface area (Å²) in [6.45, 7) is 7.59. The number of nitrogens with zero attached hydrogens (tertiary/aromatic N) is 1. The van der Waals surface area contributed by atoms with Gasteiger partial charge in [-0.2, -0.15) is 0 Å². The number of pyridine rings is 2. The molecule has 202 valence electrons. The molecule has 38 heavy (non-hydrogen) atoms. The Morgan fingerprint density at radius 2 is 1.58 bits per heavy atom. The number of fused-ring (bicyclic) bond motifs is 2. The fraction of sp³-hybridized carbons (Fsp3) is 0.357. The van der Waals surface area contributed by atoms with E-state index in [1.54, 1.807) is 32.4 Å². The number of rotatable bonds is 8. The van der Waals surface area contributed by atoms with Crippen molar-refractivity contribution in [2.75, 3.05) is 32.8 Å². The molecule has 2 aromatic carbocycles. The molecule has 0 aliphatic heterocycles. The smallest absolute Gasteiger partial charge is 1.00 e. The molecular weight excluding hydrogens is 563 g/mol. The fourth-order valence-electron chi connectivity index (χ4n) is 3.40. The molecule has 0 amide bonds. The van der Waals surface area contributed by atoms with Crippen LogP contribution in [-0.4, -0.2) is 47.8 Å². The van der Waals surface area contributed by atoms with Gasteiger partial charge in [0.05, 0.1) is 45.3 Å². The van der Waals surface area contributed by atoms with Gasteiger partial charge >= 0.3 is 29.6 Å². The van der Waals surface area contributed by atoms with Crippen LogP contribution in [0.2, 0.25) is 0 Å². The second kappa shape index (κ2) is 18.2. The molecule has 0 atom stereocenters. The average Bonchev–Trinajstić information content (AvgIpc) is 2.92. The van der Waals surface area contributed by atoms with Gasteiger partial charge in [0.15, 0.2) is 5.43 Å². The standard InChI is InChI=1S/C15H19NO3.C11H11NO3.C2H5Br.Na.H/c1-4-18-10-11-8-15(19-5-2)13-9-12(17-3)6-7-14(13)16-11;1-15-8-2-3-10-9(5-8)11(14)4-7(6-13)12-10;1-2-3;;/h6-9H,4-5,10H2,1-3H3;2-5,13H,6H2,1H3,(H,12,14);2H2,1H3;;/q;;;+1;-1. The number of hydrogen-bond acceptors (Lipinski definition) is 7. The minimum absolute atomic E-state index is 0. The fourth-order valence-corrected chi connectivity index (χ4v) is 3.40. The summed E-state index contributed by atoms with van der Waals surface area (Å²) in [5.41, 5.74) is 2.86. The van der Waals surface area contributed by atoms with Gasteiger partial charge in [-0.3, -0.25) is 9.78 Å². The van der Waals surface area contributed by atoms with Gasteiger partial charge in [0.1, 0.15) is 17.2 Å². The predicted octanol–water partition coefficient (Wildman–Crippen LogP) is 2.73. The number of aliphatic hydroxyl groups excluding tert-OH is 1. The summed E-state index contributed by atoms with van der Waals surface area (Å²) in [6, 6.07) is 14.3. The number of halogens is 1. The van der Waals surface area contributed by atoms with Crippen LogP contribution >= 0.6 is 15.9 Å². The molecule has 2 aromatic heterocycles. The molecule has 4 rings (SSSR count). The van der Waals surface area contributed by atoms with Gasteiger partial charge in [-0.05, 0) is 50.2 Å². The van der Waals surface area contributed by atoms with E-state index in [4.69, 9.17) is 24.1 Å². The van der Waals surface area contributed by atoms with Crippen molar-refractivity contribution < 1.29 is 55.0 Å². The summed E-state index contributed by atoms with van der Waals surface area (Å²) >= 11 is 3.15. The average molecular weight is 599 g/mol. The first-order valence-electron chi connectivity index (χ1n) is 12.0. The summed E-state index contributed by atoms with van der Waals surface area (Å²) in [4.78, 5) is 19.2. The molecule has 0 radical (unpaired) electrons. The van der Waals surface area contributed by atoms with E-state index in [1.165, 1.54) is 6.07 Å². The van der Waals surface area contributed by atoms with E-state index in [2.05, 4.69) is 25.9 Å². The number of benzene rings is 2. The molecule has 0 saturated heterocycles. The monoisotopic (exact) mass is 598 g/mol. The molecule has 0 unspecified atom stereocenters. The SMILES string of the molecule is CCBr.CCOCc1cc(OCC)c2cc(OC)ccc2n1.COc1ccc2[nH]c(CO)cc(=O)c2c1.[H-].[Na+]. The summed E-state index contributed by atoms with van der Waals surface area (Å²) in [6.07, 6.45) is 0. The van der Waals surface area contributed by atoms with E-state index in [9.17, 15) is 4.79 Å². The quantitative estimate of drug-likeness (QED) is 0.237. The molecule has 0 aliphatic carbocycles. The molecule has 8 nitrogen and oxygen atoms in total. The van der Waals surface area contributed by atoms with Crippen LogP contribution in [0.25, 0.3) is 21.8 Å². The Kier molecular flexibility index (Phi) is 16.2. The first-order valence-corrected chi connectivity index (χ1v) is 13.1. The molecule has 0 aliphatic rings. The summed E-state index contributed by atoms with van der Waals surface area (Å²) in [5, 5.41) is 11.5. The Bertz CT molecular complexity index is 1340. The Morgan fingerprint density at radius 3 is 2.16 bits per heavy atom. The maximum Gasteiger partial charge on any atom is 1.00 e. The van der Waals surface area contributed by atoms with Crippen LogP contribution in [0, 0.1) is 0 Å². The number of H-pyrrole nitrogens is 1. The van der Waals surface area contributed by atoms with Gasteiger partial charge < -0.3 is 30.5 Å². The Morgan fingerprint density at radius 1 is 0.947 bits per heavy atom. The minimum Gasteiger partial charge on any atom is -1.00 e. The number of ether oxygens (including phenoxy) is 4. The molecule has 0 spiro atoms. The van der Waals surface area contributed by atoms with E-state index >= 15 is 0 Å². The summed E-state index contributed by atoms with van der Waals surface area (Å²) in [5.74, 6) is 2.26. The van der Waals surface area contributed by atoms with Crippen LogP contribution in [-0.2, 0) is 18.0 Å². The van der Waals surface area contributed by atoms with Crippen molar-refractivity contribution in [1.29, 1.82) is 0 Å². The third kappa shape index (κ3) is 9.87. The Labute approximate surface area is 255 Å². The number of aromatic nitrogens is 2. The number of nitrogens with one attached hydrogen (secondary N) is 1. The van der Waals surface area contributed by atoms with E-state index in [-0.39, 0.29) is 43.0 Å². The first kappa shape index (κ1) is 33.9. The number of aromatic amines is 1. The first-order chi connectivity index (χ1) is 17.9. The van der Waals surface area contributed by atoms with E-state index in [0.29, 0.717) is 42.2 Å². The van der Waals surface area contributed by atoms with Crippen molar-refractivity contribution in [3.8, 4) is 17.2 Å². The van der Waals surface area contributed by atoms with Crippen LogP contribution in [0.4, 0.5) is 0 Å². The van der Waals surface area contributed by atoms with Crippen molar-refractivity contribution in [2.24, 2.45) is 0 Å². The van der Waals surface area contributed by atoms with E-state index in [1.807, 2.05) is 45.0 Å².